The van der Waals surface area contributed by atoms with Gasteiger partial charge in [-0.2, -0.15) is 0 Å². The molecule has 2 aromatic rings. The van der Waals surface area contributed by atoms with Gasteiger partial charge in [0.1, 0.15) is 11.5 Å². The predicted octanol–water partition coefficient (Wildman–Crippen LogP) is 2.35. The number of carbonyl (C=O) groups is 2. The molecule has 0 atom stereocenters. The minimum Gasteiger partial charge on any atom is -0.507 e. The van der Waals surface area contributed by atoms with E-state index in [4.69, 9.17) is 9.84 Å². The van der Waals surface area contributed by atoms with Crippen LogP contribution in [0.3, 0.4) is 0 Å². The number of rotatable bonds is 4. The SMILES string of the molecule is COc1ccc(C(=O)O)cc1NC(=O)c1ccccc1O. The van der Waals surface area contributed by atoms with E-state index in [2.05, 4.69) is 5.32 Å². The summed E-state index contributed by atoms with van der Waals surface area (Å²) < 4.78 is 5.08. The molecule has 0 radical (unpaired) electrons. The minimum absolute atomic E-state index is 0.0170. The molecule has 6 heteroatoms. The number of amides is 1. The van der Waals surface area contributed by atoms with Crippen LogP contribution in [-0.4, -0.2) is 29.2 Å². The number of para-hydroxylation sites is 1. The first-order valence-electron chi connectivity index (χ1n) is 6.03. The summed E-state index contributed by atoms with van der Waals surface area (Å²) in [6, 6.07) is 10.2. The smallest absolute Gasteiger partial charge is 0.335 e. The van der Waals surface area contributed by atoms with Gasteiger partial charge in [0.05, 0.1) is 23.9 Å². The minimum atomic E-state index is -1.12. The lowest BCUT2D eigenvalue weighted by atomic mass is 10.1. The van der Waals surface area contributed by atoms with E-state index in [1.165, 1.54) is 37.4 Å². The van der Waals surface area contributed by atoms with E-state index in [0.29, 0.717) is 5.75 Å². The maximum atomic E-state index is 12.1. The van der Waals surface area contributed by atoms with Crippen LogP contribution in [0.1, 0.15) is 20.7 Å². The summed E-state index contributed by atoms with van der Waals surface area (Å²) in [7, 11) is 1.41. The Morgan fingerprint density at radius 3 is 2.48 bits per heavy atom. The first kappa shape index (κ1) is 14.4. The number of benzene rings is 2. The van der Waals surface area contributed by atoms with Crippen LogP contribution < -0.4 is 10.1 Å². The molecule has 0 saturated heterocycles. The summed E-state index contributed by atoms with van der Waals surface area (Å²) in [5.41, 5.74) is 0.314. The Morgan fingerprint density at radius 2 is 1.86 bits per heavy atom. The number of phenols is 1. The Balaban J connectivity index is 2.34. The maximum Gasteiger partial charge on any atom is 0.335 e. The first-order valence-corrected chi connectivity index (χ1v) is 6.03. The van der Waals surface area contributed by atoms with Crippen LogP contribution in [0.25, 0.3) is 0 Å². The molecule has 0 spiro atoms. The highest BCUT2D eigenvalue weighted by Crippen LogP contribution is 2.27. The van der Waals surface area contributed by atoms with E-state index in [9.17, 15) is 14.7 Å². The van der Waals surface area contributed by atoms with Gasteiger partial charge in [-0.05, 0) is 30.3 Å². The third-order valence-corrected chi connectivity index (χ3v) is 2.84. The van der Waals surface area contributed by atoms with Crippen LogP contribution in [0, 0.1) is 0 Å². The molecule has 108 valence electrons. The van der Waals surface area contributed by atoms with Gasteiger partial charge in [0.2, 0.25) is 0 Å². The molecule has 2 rings (SSSR count). The lowest BCUT2D eigenvalue weighted by Crippen LogP contribution is -2.13. The summed E-state index contributed by atoms with van der Waals surface area (Å²) >= 11 is 0. The van der Waals surface area contributed by atoms with Gasteiger partial charge in [0, 0.05) is 0 Å². The molecular formula is C15H13NO5. The van der Waals surface area contributed by atoms with Crippen molar-refractivity contribution in [2.75, 3.05) is 12.4 Å². The number of hydrogen-bond donors (Lipinski definition) is 3. The highest BCUT2D eigenvalue weighted by molar-refractivity contribution is 6.07. The van der Waals surface area contributed by atoms with Crippen molar-refractivity contribution in [2.24, 2.45) is 0 Å². The van der Waals surface area contributed by atoms with Crippen LogP contribution in [-0.2, 0) is 0 Å². The molecule has 21 heavy (non-hydrogen) atoms. The van der Waals surface area contributed by atoms with E-state index < -0.39 is 11.9 Å². The molecular weight excluding hydrogens is 274 g/mol. The van der Waals surface area contributed by atoms with Crippen molar-refractivity contribution in [1.82, 2.24) is 0 Å². The Hall–Kier alpha value is -3.02. The lowest BCUT2D eigenvalue weighted by molar-refractivity contribution is 0.0696. The number of anilines is 1. The predicted molar refractivity (Wildman–Crippen MR) is 76.0 cm³/mol. The number of carboxylic acid groups (broad SMARTS) is 1. The third-order valence-electron chi connectivity index (χ3n) is 2.84. The van der Waals surface area contributed by atoms with Gasteiger partial charge < -0.3 is 20.3 Å². The fraction of sp³-hybridized carbons (Fsp3) is 0.0667. The van der Waals surface area contributed by atoms with Crippen molar-refractivity contribution >= 4 is 17.6 Å². The average molecular weight is 287 g/mol. The van der Waals surface area contributed by atoms with Gasteiger partial charge in [-0.15, -0.1) is 0 Å². The largest absolute Gasteiger partial charge is 0.507 e. The lowest BCUT2D eigenvalue weighted by Gasteiger charge is -2.11. The summed E-state index contributed by atoms with van der Waals surface area (Å²) in [5.74, 6) is -1.52. The van der Waals surface area contributed by atoms with Gasteiger partial charge in [0.25, 0.3) is 5.91 Å². The molecule has 3 N–H and O–H groups in total. The number of aromatic carboxylic acids is 1. The van der Waals surface area contributed by atoms with Gasteiger partial charge in [0.15, 0.2) is 0 Å². The second-order valence-corrected chi connectivity index (χ2v) is 4.19. The molecule has 2 aromatic carbocycles. The first-order chi connectivity index (χ1) is 10.0. The Labute approximate surface area is 120 Å². The topological polar surface area (TPSA) is 95.9 Å². The molecule has 0 aliphatic carbocycles. The fourth-order valence-electron chi connectivity index (χ4n) is 1.79. The summed E-state index contributed by atoms with van der Waals surface area (Å²) in [4.78, 5) is 23.1. The Kier molecular flexibility index (Phi) is 4.08. The van der Waals surface area contributed by atoms with Crippen LogP contribution in [0.4, 0.5) is 5.69 Å². The van der Waals surface area contributed by atoms with Gasteiger partial charge in [-0.25, -0.2) is 4.79 Å². The number of hydrogen-bond acceptors (Lipinski definition) is 4. The van der Waals surface area contributed by atoms with Crippen LogP contribution in [0.15, 0.2) is 42.5 Å². The van der Waals surface area contributed by atoms with Crippen molar-refractivity contribution in [1.29, 1.82) is 0 Å². The quantitative estimate of drug-likeness (QED) is 0.802. The van der Waals surface area contributed by atoms with E-state index in [1.54, 1.807) is 12.1 Å². The monoisotopic (exact) mass is 287 g/mol. The molecule has 0 fully saturated rings. The maximum absolute atomic E-state index is 12.1. The van der Waals surface area contributed by atoms with Crippen molar-refractivity contribution in [3.05, 3.63) is 53.6 Å². The Morgan fingerprint density at radius 1 is 1.14 bits per heavy atom. The molecule has 0 aliphatic heterocycles. The second kappa shape index (κ2) is 5.96. The van der Waals surface area contributed by atoms with Gasteiger partial charge >= 0.3 is 5.97 Å². The Bertz CT molecular complexity index is 696. The number of ether oxygens (including phenoxy) is 1. The molecule has 0 aliphatic rings. The second-order valence-electron chi connectivity index (χ2n) is 4.19. The number of aromatic hydroxyl groups is 1. The summed E-state index contributed by atoms with van der Waals surface area (Å²) in [5, 5.41) is 21.1. The molecule has 0 aromatic heterocycles. The van der Waals surface area contributed by atoms with Crippen molar-refractivity contribution < 1.29 is 24.5 Å². The number of carboxylic acids is 1. The third kappa shape index (κ3) is 3.11. The van der Waals surface area contributed by atoms with E-state index in [1.807, 2.05) is 0 Å². The van der Waals surface area contributed by atoms with E-state index in [-0.39, 0.29) is 22.6 Å². The summed E-state index contributed by atoms with van der Waals surface area (Å²) in [6.07, 6.45) is 0. The van der Waals surface area contributed by atoms with E-state index in [0.717, 1.165) is 0 Å². The number of methoxy groups -OCH3 is 1. The number of nitrogens with one attached hydrogen (secondary N) is 1. The molecule has 0 unspecified atom stereocenters. The molecule has 0 bridgehead atoms. The molecule has 1 amide bonds. The highest BCUT2D eigenvalue weighted by Gasteiger charge is 2.15. The van der Waals surface area contributed by atoms with Gasteiger partial charge in [-0.3, -0.25) is 4.79 Å². The fourth-order valence-corrected chi connectivity index (χ4v) is 1.79. The molecule has 0 heterocycles. The zero-order chi connectivity index (χ0) is 15.4. The number of phenolic OH excluding ortho intramolecular Hbond substituents is 1. The normalized spacial score (nSPS) is 9.95. The van der Waals surface area contributed by atoms with Gasteiger partial charge in [-0.1, -0.05) is 12.1 Å². The van der Waals surface area contributed by atoms with Crippen LogP contribution in [0.2, 0.25) is 0 Å². The van der Waals surface area contributed by atoms with Crippen LogP contribution >= 0.6 is 0 Å². The zero-order valence-corrected chi connectivity index (χ0v) is 11.2. The zero-order valence-electron chi connectivity index (χ0n) is 11.2. The standard InChI is InChI=1S/C15H13NO5/c1-21-13-7-6-9(15(19)20)8-11(13)16-14(18)10-4-2-3-5-12(10)17/h2-8,17H,1H3,(H,16,18)(H,19,20). The molecule has 0 saturated carbocycles. The van der Waals surface area contributed by atoms with Crippen molar-refractivity contribution in [2.45, 2.75) is 0 Å². The van der Waals surface area contributed by atoms with Crippen LogP contribution in [0.5, 0.6) is 11.5 Å². The van der Waals surface area contributed by atoms with Crippen molar-refractivity contribution in [3.8, 4) is 11.5 Å². The number of carbonyl (C=O) groups excluding carboxylic acids is 1. The summed E-state index contributed by atoms with van der Waals surface area (Å²) in [6.45, 7) is 0. The van der Waals surface area contributed by atoms with Crippen molar-refractivity contribution in [3.63, 3.8) is 0 Å². The molecule has 6 nitrogen and oxygen atoms in total. The average Bonchev–Trinajstić information content (AvgIpc) is 2.47. The highest BCUT2D eigenvalue weighted by atomic mass is 16.5. The van der Waals surface area contributed by atoms with E-state index >= 15 is 0 Å².